The van der Waals surface area contributed by atoms with Gasteiger partial charge in [-0.2, -0.15) is 0 Å². The summed E-state index contributed by atoms with van der Waals surface area (Å²) in [5, 5.41) is 10.6. The van der Waals surface area contributed by atoms with Gasteiger partial charge in [0.25, 0.3) is 0 Å². The summed E-state index contributed by atoms with van der Waals surface area (Å²) < 4.78 is 19.4. The van der Waals surface area contributed by atoms with Crippen LogP contribution < -0.4 is 12.3 Å². The number of nitrogens with zero attached hydrogens (tertiary/aromatic N) is 1. The molecule has 1 aliphatic heterocycles. The standard InChI is InChI=1S/C16H19FN4.CH3.Sb/c1-10-5-6-11(7-10)14-8-15(21-20-14)19-13-4-2-3-12(9-18)16(13)17;;/h2,4,8,10-11,18H,5-7,9H2,1H3,(H2,19,20,21);1H3;/q-1;;+1. The number of H-pyrrole nitrogens is 1. The third-order valence-electron chi connectivity index (χ3n) is 5.07. The fourth-order valence-corrected chi connectivity index (χ4v) is 7.84. The van der Waals surface area contributed by atoms with Crippen molar-refractivity contribution in [2.24, 2.45) is 5.92 Å². The third-order valence-corrected chi connectivity index (χ3v) is 10.1. The first kappa shape index (κ1) is 15.5. The molecule has 1 saturated carbocycles. The molecule has 2 aromatic rings. The van der Waals surface area contributed by atoms with Gasteiger partial charge in [0.2, 0.25) is 0 Å². The van der Waals surface area contributed by atoms with Crippen LogP contribution in [-0.2, 0) is 6.54 Å². The van der Waals surface area contributed by atoms with Crippen molar-refractivity contribution in [1.82, 2.24) is 13.7 Å². The van der Waals surface area contributed by atoms with Crippen LogP contribution >= 0.6 is 0 Å². The summed E-state index contributed by atoms with van der Waals surface area (Å²) in [4.78, 5) is 2.24. The molecule has 6 heteroatoms. The first-order valence-electron chi connectivity index (χ1n) is 8.22. The van der Waals surface area contributed by atoms with E-state index in [9.17, 15) is 4.39 Å². The van der Waals surface area contributed by atoms with Gasteiger partial charge in [0.05, 0.1) is 0 Å². The van der Waals surface area contributed by atoms with Gasteiger partial charge in [0, 0.05) is 0 Å². The van der Waals surface area contributed by atoms with Crippen molar-refractivity contribution < 1.29 is 4.39 Å². The van der Waals surface area contributed by atoms with E-state index in [-0.39, 0.29) is 5.82 Å². The van der Waals surface area contributed by atoms with Gasteiger partial charge in [-0.1, -0.05) is 0 Å². The van der Waals surface area contributed by atoms with Crippen LogP contribution in [0, 0.1) is 11.7 Å². The van der Waals surface area contributed by atoms with Crippen molar-refractivity contribution in [3.63, 3.8) is 0 Å². The van der Waals surface area contributed by atoms with Gasteiger partial charge in [0.1, 0.15) is 0 Å². The molecule has 2 atom stereocenters. The van der Waals surface area contributed by atoms with Crippen LogP contribution in [0.3, 0.4) is 0 Å². The first-order chi connectivity index (χ1) is 11.1. The van der Waals surface area contributed by atoms with E-state index in [1.807, 2.05) is 12.1 Å². The minimum absolute atomic E-state index is 0.122. The number of aromatic nitrogens is 2. The summed E-state index contributed by atoms with van der Waals surface area (Å²) in [5.41, 5.74) is 2.54. The second-order valence-electron chi connectivity index (χ2n) is 6.77. The Morgan fingerprint density at radius 3 is 3.00 bits per heavy atom. The third kappa shape index (κ3) is 2.89. The zero-order valence-corrected chi connectivity index (χ0v) is 16.0. The average Bonchev–Trinajstić information content (AvgIpc) is 3.23. The number of aromatic amines is 1. The molecule has 4 rings (SSSR count). The van der Waals surface area contributed by atoms with E-state index < -0.39 is 20.5 Å². The van der Waals surface area contributed by atoms with Crippen molar-refractivity contribution in [2.45, 2.75) is 43.5 Å². The Balaban J connectivity index is 1.54. The first-order valence-corrected chi connectivity index (χ1v) is 13.3. The van der Waals surface area contributed by atoms with Crippen LogP contribution in [0.5, 0.6) is 0 Å². The molecule has 0 saturated heterocycles. The van der Waals surface area contributed by atoms with Crippen LogP contribution in [0.4, 0.5) is 15.9 Å². The molecule has 2 heterocycles. The van der Waals surface area contributed by atoms with Crippen molar-refractivity contribution in [2.75, 3.05) is 5.32 Å². The number of benzene rings is 1. The molecular weight excluding hydrogens is 401 g/mol. The molecule has 1 fully saturated rings. The molecule has 1 aromatic heterocycles. The molecule has 0 radical (unpaired) electrons. The Morgan fingerprint density at radius 2 is 2.22 bits per heavy atom. The van der Waals surface area contributed by atoms with Crippen LogP contribution in [0.1, 0.15) is 43.4 Å². The van der Waals surface area contributed by atoms with Crippen LogP contribution in [0.2, 0.25) is 4.87 Å². The summed E-state index contributed by atoms with van der Waals surface area (Å²) >= 11 is -1.57. The van der Waals surface area contributed by atoms with E-state index >= 15 is 0 Å². The van der Waals surface area contributed by atoms with Crippen molar-refractivity contribution >= 4 is 35.5 Å². The molecule has 2 aliphatic rings. The molecule has 0 spiro atoms. The zero-order valence-electron chi connectivity index (χ0n) is 13.5. The fraction of sp³-hybridized carbons (Fsp3) is 0.471. The number of fused-ring (bicyclic) bond motifs is 1. The Labute approximate surface area is 143 Å². The summed E-state index contributed by atoms with van der Waals surface area (Å²) in [6, 6.07) is 5.97. The predicted molar refractivity (Wildman–Crippen MR) is 92.1 cm³/mol. The number of halogens is 1. The van der Waals surface area contributed by atoms with E-state index in [2.05, 4.69) is 36.9 Å². The quantitative estimate of drug-likeness (QED) is 0.666. The van der Waals surface area contributed by atoms with Gasteiger partial charge < -0.3 is 0 Å². The van der Waals surface area contributed by atoms with Gasteiger partial charge >= 0.3 is 144 Å². The maximum absolute atomic E-state index is 14.7. The van der Waals surface area contributed by atoms with Crippen LogP contribution in [-0.4, -0.2) is 30.7 Å². The Hall–Kier alpha value is -1.06. The normalized spacial score (nSPS) is 24.1. The number of hydrogen-bond donors (Lipinski definition) is 3. The van der Waals surface area contributed by atoms with Crippen molar-refractivity contribution in [3.05, 3.63) is 35.3 Å². The number of anilines is 2. The molecule has 2 unspecified atom stereocenters. The molecule has 0 bridgehead atoms. The van der Waals surface area contributed by atoms with Gasteiger partial charge in [-0.15, -0.1) is 0 Å². The fourth-order valence-electron chi connectivity index (χ4n) is 3.71. The van der Waals surface area contributed by atoms with Crippen LogP contribution in [0.25, 0.3) is 0 Å². The Bertz CT molecular complexity index is 729. The SMILES string of the molecule is CC1CCC(c2cc(Nc3cc[c]4c(c3F)C[NH][Sb]4[CH3])n[nH]2)C1. The zero-order chi connectivity index (χ0) is 16.0. The van der Waals surface area contributed by atoms with Gasteiger partial charge in [-0.3, -0.25) is 0 Å². The molecular formula is C17H22FN4Sb. The maximum atomic E-state index is 14.7. The van der Waals surface area contributed by atoms with E-state index in [0.717, 1.165) is 11.5 Å². The molecule has 1 aromatic carbocycles. The summed E-state index contributed by atoms with van der Waals surface area (Å²) in [7, 11) is 0. The van der Waals surface area contributed by atoms with E-state index in [1.165, 1.54) is 28.5 Å². The van der Waals surface area contributed by atoms with Crippen LogP contribution in [0.15, 0.2) is 18.2 Å². The topological polar surface area (TPSA) is 52.7 Å². The van der Waals surface area contributed by atoms with E-state index in [1.54, 1.807) is 0 Å². The second kappa shape index (κ2) is 6.10. The van der Waals surface area contributed by atoms with E-state index in [0.29, 0.717) is 24.0 Å². The van der Waals surface area contributed by atoms with Gasteiger partial charge in [-0.25, -0.2) is 0 Å². The van der Waals surface area contributed by atoms with E-state index in [4.69, 9.17) is 0 Å². The molecule has 4 nitrogen and oxygen atoms in total. The monoisotopic (exact) mass is 422 g/mol. The minimum atomic E-state index is -1.57. The summed E-state index contributed by atoms with van der Waals surface area (Å²) in [6.07, 6.45) is 3.71. The Morgan fingerprint density at radius 1 is 1.35 bits per heavy atom. The number of rotatable bonds is 3. The predicted octanol–water partition coefficient (Wildman–Crippen LogP) is 3.13. The average molecular weight is 423 g/mol. The number of nitrogens with one attached hydrogen (secondary N) is 3. The van der Waals surface area contributed by atoms with Gasteiger partial charge in [-0.05, 0) is 0 Å². The summed E-state index contributed by atoms with van der Waals surface area (Å²) in [6.45, 7) is 2.97. The van der Waals surface area contributed by atoms with Crippen molar-refractivity contribution in [1.29, 1.82) is 0 Å². The molecule has 23 heavy (non-hydrogen) atoms. The van der Waals surface area contributed by atoms with Gasteiger partial charge in [0.15, 0.2) is 0 Å². The molecule has 0 amide bonds. The number of hydrogen-bond acceptors (Lipinski definition) is 3. The Kier molecular flexibility index (Phi) is 4.10. The molecule has 122 valence electrons. The molecule has 1 aliphatic carbocycles. The molecule has 3 N–H and O–H groups in total. The summed E-state index contributed by atoms with van der Waals surface area (Å²) in [5.74, 6) is 1.94. The van der Waals surface area contributed by atoms with Crippen molar-refractivity contribution in [3.8, 4) is 0 Å². The second-order valence-corrected chi connectivity index (χ2v) is 12.2.